The number of hydrogen-bond acceptors (Lipinski definition) is 2. The highest BCUT2D eigenvalue weighted by Gasteiger charge is 1.94. The lowest BCUT2D eigenvalue weighted by molar-refractivity contribution is 0.509. The van der Waals surface area contributed by atoms with Gasteiger partial charge in [0.2, 0.25) is 10.9 Å². The normalized spacial score (nSPS) is 11.0. The zero-order valence-corrected chi connectivity index (χ0v) is 6.15. The van der Waals surface area contributed by atoms with Gasteiger partial charge in [-0.15, -0.1) is 11.6 Å². The molecule has 0 aliphatic heterocycles. The van der Waals surface area contributed by atoms with Crippen molar-refractivity contribution in [3.05, 3.63) is 0 Å². The van der Waals surface area contributed by atoms with Crippen LogP contribution in [0.5, 0.6) is 0 Å². The van der Waals surface area contributed by atoms with Crippen molar-refractivity contribution in [1.29, 1.82) is 0 Å². The molecule has 0 aliphatic rings. The minimum absolute atomic E-state index is 0.347. The van der Waals surface area contributed by atoms with Gasteiger partial charge in [-0.05, 0) is 0 Å². The lowest BCUT2D eigenvalue weighted by Gasteiger charge is -2.02. The van der Waals surface area contributed by atoms with Crippen molar-refractivity contribution in [1.82, 2.24) is 4.31 Å². The Morgan fingerprint density at radius 2 is 2.12 bits per heavy atom. The molecule has 0 saturated carbocycles. The second kappa shape index (κ2) is 4.12. The maximum atomic E-state index is 9.99. The van der Waals surface area contributed by atoms with E-state index in [-0.39, 0.29) is 0 Å². The van der Waals surface area contributed by atoms with Gasteiger partial charge in [-0.25, -0.2) is 12.7 Å². The molecule has 0 aromatic carbocycles. The summed E-state index contributed by atoms with van der Waals surface area (Å²) < 4.78 is 21.2. The second-order valence-corrected chi connectivity index (χ2v) is 2.84. The molecule has 3 nitrogen and oxygen atoms in total. The third kappa shape index (κ3) is 3.23. The molecule has 0 aromatic heterocycles. The van der Waals surface area contributed by atoms with Crippen LogP contribution in [0.2, 0.25) is 0 Å². The lowest BCUT2D eigenvalue weighted by Crippen LogP contribution is -2.17. The Balaban J connectivity index is 3.48. The summed E-state index contributed by atoms with van der Waals surface area (Å²) in [6.07, 6.45) is 0. The van der Waals surface area contributed by atoms with Gasteiger partial charge in [-0.3, -0.25) is 0 Å². The van der Waals surface area contributed by atoms with Gasteiger partial charge in [0.1, 0.15) is 0 Å². The van der Waals surface area contributed by atoms with Gasteiger partial charge < -0.3 is 0 Å². The van der Waals surface area contributed by atoms with Gasteiger partial charge >= 0.3 is 0 Å². The van der Waals surface area contributed by atoms with E-state index in [1.165, 1.54) is 11.4 Å². The Morgan fingerprint density at radius 1 is 1.62 bits per heavy atom. The maximum Gasteiger partial charge on any atom is 0.203 e. The van der Waals surface area contributed by atoms with Crippen LogP contribution in [0.15, 0.2) is 0 Å². The molecule has 0 amide bonds. The minimum Gasteiger partial charge on any atom is -0.215 e. The fourth-order valence-corrected chi connectivity index (χ4v) is 0.839. The van der Waals surface area contributed by atoms with E-state index in [1.807, 2.05) is 0 Å². The van der Waals surface area contributed by atoms with E-state index in [1.54, 1.807) is 0 Å². The Labute approximate surface area is 55.3 Å². The van der Waals surface area contributed by atoms with Crippen LogP contribution in [0.3, 0.4) is 0 Å². The SMILES string of the molecule is CN(CCCl)[SH](=O)=O. The molecule has 0 bridgehead atoms. The Bertz CT molecular complexity index is 116. The van der Waals surface area contributed by atoms with Crippen LogP contribution >= 0.6 is 11.6 Å². The van der Waals surface area contributed by atoms with Gasteiger partial charge in [0.05, 0.1) is 0 Å². The molecule has 0 atom stereocenters. The summed E-state index contributed by atoms with van der Waals surface area (Å²) in [4.78, 5) is 0. The molecule has 0 rings (SSSR count). The summed E-state index contributed by atoms with van der Waals surface area (Å²) in [7, 11) is -0.938. The van der Waals surface area contributed by atoms with E-state index in [0.29, 0.717) is 12.4 Å². The molecule has 5 heteroatoms. The lowest BCUT2D eigenvalue weighted by atomic mass is 10.8. The van der Waals surface area contributed by atoms with Crippen molar-refractivity contribution in [3.8, 4) is 0 Å². The first-order valence-electron chi connectivity index (χ1n) is 2.10. The van der Waals surface area contributed by atoms with Crippen LogP contribution < -0.4 is 0 Å². The molecule has 0 unspecified atom stereocenters. The molecule has 0 fully saturated rings. The Hall–Kier alpha value is 0.200. The average molecular weight is 158 g/mol. The third-order valence-electron chi connectivity index (χ3n) is 0.687. The number of alkyl halides is 1. The highest BCUT2D eigenvalue weighted by Crippen LogP contribution is 1.81. The van der Waals surface area contributed by atoms with Crippen LogP contribution in [0.25, 0.3) is 0 Å². The van der Waals surface area contributed by atoms with Crippen molar-refractivity contribution < 1.29 is 8.42 Å². The van der Waals surface area contributed by atoms with E-state index in [4.69, 9.17) is 11.6 Å². The van der Waals surface area contributed by atoms with Gasteiger partial charge in [-0.1, -0.05) is 0 Å². The zero-order chi connectivity index (χ0) is 6.57. The van der Waals surface area contributed by atoms with Gasteiger partial charge in [0, 0.05) is 19.5 Å². The Morgan fingerprint density at radius 3 is 2.25 bits per heavy atom. The van der Waals surface area contributed by atoms with Gasteiger partial charge in [-0.2, -0.15) is 0 Å². The molecule has 0 radical (unpaired) electrons. The average Bonchev–Trinajstić information content (AvgIpc) is 1.67. The smallest absolute Gasteiger partial charge is 0.203 e. The number of nitrogens with zero attached hydrogens (tertiary/aromatic N) is 1. The predicted octanol–water partition coefficient (Wildman–Crippen LogP) is -0.317. The van der Waals surface area contributed by atoms with Crippen LogP contribution in [-0.2, 0) is 10.9 Å². The quantitative estimate of drug-likeness (QED) is 0.451. The largest absolute Gasteiger partial charge is 0.215 e. The summed E-state index contributed by atoms with van der Waals surface area (Å²) >= 11 is 5.23. The standard InChI is InChI=1S/C3H8ClNO2S/c1-5(3-2-4)8(6)7/h8H,2-3H2,1H3. The molecule has 0 aliphatic carbocycles. The van der Waals surface area contributed by atoms with Crippen molar-refractivity contribution >= 4 is 22.5 Å². The highest BCUT2D eigenvalue weighted by atomic mass is 35.5. The predicted molar refractivity (Wildman–Crippen MR) is 33.7 cm³/mol. The zero-order valence-electron chi connectivity index (χ0n) is 4.50. The molecule has 0 heterocycles. The number of halogens is 1. The molecule has 0 saturated heterocycles. The van der Waals surface area contributed by atoms with Crippen LogP contribution in [0.4, 0.5) is 0 Å². The number of rotatable bonds is 3. The monoisotopic (exact) mass is 157 g/mol. The van der Waals surface area contributed by atoms with Crippen molar-refractivity contribution in [2.75, 3.05) is 19.5 Å². The van der Waals surface area contributed by atoms with E-state index < -0.39 is 10.9 Å². The van der Waals surface area contributed by atoms with Crippen LogP contribution in [-0.4, -0.2) is 32.2 Å². The summed E-state index contributed by atoms with van der Waals surface area (Å²) in [5, 5.41) is 0. The fraction of sp³-hybridized carbons (Fsp3) is 1.00. The third-order valence-corrected chi connectivity index (χ3v) is 1.61. The number of thiol groups is 1. The summed E-state index contributed by atoms with van der Waals surface area (Å²) in [6, 6.07) is 0. The minimum atomic E-state index is -2.42. The molecule has 0 spiro atoms. The maximum absolute atomic E-state index is 9.99. The van der Waals surface area contributed by atoms with Gasteiger partial charge in [0.15, 0.2) is 0 Å². The van der Waals surface area contributed by atoms with Crippen molar-refractivity contribution in [2.24, 2.45) is 0 Å². The Kier molecular flexibility index (Phi) is 4.22. The summed E-state index contributed by atoms with van der Waals surface area (Å²) in [5.74, 6) is 0.347. The van der Waals surface area contributed by atoms with Gasteiger partial charge in [0.25, 0.3) is 0 Å². The van der Waals surface area contributed by atoms with E-state index >= 15 is 0 Å². The summed E-state index contributed by atoms with van der Waals surface area (Å²) in [6.45, 7) is 0.389. The van der Waals surface area contributed by atoms with Crippen LogP contribution in [0.1, 0.15) is 0 Å². The van der Waals surface area contributed by atoms with Crippen molar-refractivity contribution in [2.45, 2.75) is 0 Å². The van der Waals surface area contributed by atoms with Crippen LogP contribution in [0, 0.1) is 0 Å². The van der Waals surface area contributed by atoms with Crippen molar-refractivity contribution in [3.63, 3.8) is 0 Å². The summed E-state index contributed by atoms with van der Waals surface area (Å²) in [5.41, 5.74) is 0. The molecular formula is C3H8ClNO2S. The first-order valence-corrected chi connectivity index (χ1v) is 3.76. The molecule has 0 N–H and O–H groups in total. The van der Waals surface area contributed by atoms with E-state index in [2.05, 4.69) is 0 Å². The second-order valence-electron chi connectivity index (χ2n) is 1.31. The highest BCUT2D eigenvalue weighted by molar-refractivity contribution is 7.69. The fourth-order valence-electron chi connectivity index (χ4n) is 0.204. The number of hydrogen-bond donors (Lipinski definition) is 1. The molecule has 0 aromatic rings. The van der Waals surface area contributed by atoms with E-state index in [0.717, 1.165) is 0 Å². The molecule has 8 heavy (non-hydrogen) atoms. The topological polar surface area (TPSA) is 37.4 Å². The molecular weight excluding hydrogens is 150 g/mol. The first-order chi connectivity index (χ1) is 3.68. The van der Waals surface area contributed by atoms with E-state index in [9.17, 15) is 8.42 Å². The molecule has 50 valence electrons. The first kappa shape index (κ1) is 8.20.